The van der Waals surface area contributed by atoms with E-state index in [1.807, 2.05) is 12.3 Å². The van der Waals surface area contributed by atoms with Gasteiger partial charge >= 0.3 is 5.97 Å². The molecule has 0 aromatic carbocycles. The molecule has 6 heteroatoms. The highest BCUT2D eigenvalue weighted by Gasteiger charge is 2.28. The Morgan fingerprint density at radius 3 is 2.62 bits per heavy atom. The van der Waals surface area contributed by atoms with Crippen LogP contribution in [0.3, 0.4) is 0 Å². The number of carboxylic acid groups (broad SMARTS) is 1. The molecular weight excluding hydrogens is 246 g/mol. The summed E-state index contributed by atoms with van der Waals surface area (Å²) in [6, 6.07) is 0. The topological polar surface area (TPSA) is 67.3 Å². The maximum Gasteiger partial charge on any atom is 0.319 e. The molecule has 16 heavy (non-hydrogen) atoms. The number of nitrogens with zero attached hydrogens (tertiary/aromatic N) is 1. The lowest BCUT2D eigenvalue weighted by Gasteiger charge is -2.14. The molecule has 1 N–H and O–H groups in total. The van der Waals surface area contributed by atoms with Gasteiger partial charge in [0.15, 0.2) is 0 Å². The summed E-state index contributed by atoms with van der Waals surface area (Å²) in [7, 11) is -1.41. The highest BCUT2D eigenvalue weighted by Crippen LogP contribution is 2.16. The summed E-state index contributed by atoms with van der Waals surface area (Å²) >= 11 is 1.48. The maximum atomic E-state index is 11.9. The molecule has 0 saturated carbocycles. The van der Waals surface area contributed by atoms with E-state index in [1.165, 1.54) is 11.3 Å². The van der Waals surface area contributed by atoms with E-state index in [0.717, 1.165) is 5.01 Å². The van der Waals surface area contributed by atoms with Crippen molar-refractivity contribution in [2.45, 2.75) is 31.8 Å². The van der Waals surface area contributed by atoms with Crippen LogP contribution in [0.1, 0.15) is 24.5 Å². The second-order valence-electron chi connectivity index (χ2n) is 3.89. The molecule has 0 fully saturated rings. The predicted octanol–water partition coefficient (Wildman–Crippen LogP) is 1.81. The number of aryl methyl sites for hydroxylation is 1. The molecular formula is C10H15NO3S2. The van der Waals surface area contributed by atoms with Crippen molar-refractivity contribution in [3.05, 3.63) is 16.1 Å². The van der Waals surface area contributed by atoms with Gasteiger partial charge in [-0.3, -0.25) is 9.00 Å². The third-order valence-corrected chi connectivity index (χ3v) is 4.80. The first-order valence-electron chi connectivity index (χ1n) is 4.92. The van der Waals surface area contributed by atoms with Gasteiger partial charge in [0.1, 0.15) is 5.25 Å². The van der Waals surface area contributed by atoms with Gasteiger partial charge in [0.05, 0.1) is 16.5 Å². The van der Waals surface area contributed by atoms with Crippen LogP contribution in [0.5, 0.6) is 0 Å². The molecule has 0 saturated heterocycles. The number of aromatic nitrogens is 1. The molecule has 2 atom stereocenters. The standard InChI is InChI=1S/C10H15NO3S2/c1-6(2)9(10(12)13)16(14)5-8-4-15-7(3)11-8/h4,6,9H,5H2,1-3H3,(H,12,13). The van der Waals surface area contributed by atoms with E-state index in [0.29, 0.717) is 5.69 Å². The van der Waals surface area contributed by atoms with Crippen LogP contribution in [-0.2, 0) is 21.3 Å². The van der Waals surface area contributed by atoms with Crippen molar-refractivity contribution in [1.82, 2.24) is 4.98 Å². The fourth-order valence-corrected chi connectivity index (χ4v) is 3.58. The van der Waals surface area contributed by atoms with E-state index in [1.54, 1.807) is 13.8 Å². The largest absolute Gasteiger partial charge is 0.480 e. The minimum atomic E-state index is -1.41. The first kappa shape index (κ1) is 13.3. The molecule has 1 aromatic heterocycles. The number of hydrogen-bond acceptors (Lipinski definition) is 4. The molecule has 0 bridgehead atoms. The second-order valence-corrected chi connectivity index (χ2v) is 6.51. The fraction of sp³-hybridized carbons (Fsp3) is 0.600. The van der Waals surface area contributed by atoms with Crippen LogP contribution in [0.4, 0.5) is 0 Å². The summed E-state index contributed by atoms with van der Waals surface area (Å²) in [6.07, 6.45) is 0. The van der Waals surface area contributed by atoms with E-state index >= 15 is 0 Å². The molecule has 0 amide bonds. The second kappa shape index (κ2) is 5.54. The molecule has 2 unspecified atom stereocenters. The summed E-state index contributed by atoms with van der Waals surface area (Å²) < 4.78 is 11.9. The quantitative estimate of drug-likeness (QED) is 0.877. The van der Waals surface area contributed by atoms with Gasteiger partial charge < -0.3 is 5.11 Å². The highest BCUT2D eigenvalue weighted by molar-refractivity contribution is 7.85. The van der Waals surface area contributed by atoms with Gasteiger partial charge in [-0.1, -0.05) is 13.8 Å². The Morgan fingerprint density at radius 1 is 1.62 bits per heavy atom. The first-order chi connectivity index (χ1) is 7.41. The number of thiazole rings is 1. The fourth-order valence-electron chi connectivity index (χ4n) is 1.41. The van der Waals surface area contributed by atoms with Crippen molar-refractivity contribution in [2.75, 3.05) is 0 Å². The van der Waals surface area contributed by atoms with Crippen molar-refractivity contribution < 1.29 is 14.1 Å². The molecule has 0 radical (unpaired) electrons. The Labute approximate surface area is 101 Å². The number of carbonyl (C=O) groups is 1. The van der Waals surface area contributed by atoms with E-state index in [2.05, 4.69) is 4.98 Å². The van der Waals surface area contributed by atoms with Crippen molar-refractivity contribution in [2.24, 2.45) is 5.92 Å². The lowest BCUT2D eigenvalue weighted by atomic mass is 10.1. The first-order valence-corrected chi connectivity index (χ1v) is 7.19. The Morgan fingerprint density at radius 2 is 2.25 bits per heavy atom. The van der Waals surface area contributed by atoms with E-state index in [9.17, 15) is 9.00 Å². The minimum Gasteiger partial charge on any atom is -0.480 e. The average molecular weight is 261 g/mol. The predicted molar refractivity (Wildman–Crippen MR) is 65.0 cm³/mol. The molecule has 0 aliphatic heterocycles. The van der Waals surface area contributed by atoms with Crippen LogP contribution in [0.15, 0.2) is 5.38 Å². The average Bonchev–Trinajstić information content (AvgIpc) is 2.49. The van der Waals surface area contributed by atoms with Crippen LogP contribution in [0.25, 0.3) is 0 Å². The molecule has 4 nitrogen and oxygen atoms in total. The smallest absolute Gasteiger partial charge is 0.319 e. The lowest BCUT2D eigenvalue weighted by Crippen LogP contribution is -2.31. The van der Waals surface area contributed by atoms with Crippen LogP contribution in [0, 0.1) is 12.8 Å². The summed E-state index contributed by atoms with van der Waals surface area (Å²) in [5.74, 6) is -0.919. The Bertz CT molecular complexity index is 401. The molecule has 1 rings (SSSR count). The number of carboxylic acids is 1. The lowest BCUT2D eigenvalue weighted by molar-refractivity contribution is -0.137. The Balaban J connectivity index is 2.73. The molecule has 1 heterocycles. The summed E-state index contributed by atoms with van der Waals surface area (Å²) in [5, 5.41) is 10.9. The number of aliphatic carboxylic acids is 1. The SMILES string of the molecule is Cc1nc(CS(=O)C(C(=O)O)C(C)C)cs1. The van der Waals surface area contributed by atoms with Gasteiger partial charge in [0, 0.05) is 16.2 Å². The highest BCUT2D eigenvalue weighted by atomic mass is 32.2. The maximum absolute atomic E-state index is 11.9. The Hall–Kier alpha value is -0.750. The van der Waals surface area contributed by atoms with Gasteiger partial charge in [-0.2, -0.15) is 0 Å². The third kappa shape index (κ3) is 3.38. The van der Waals surface area contributed by atoms with Gasteiger partial charge in [0.2, 0.25) is 0 Å². The van der Waals surface area contributed by atoms with Gasteiger partial charge in [0.25, 0.3) is 0 Å². The minimum absolute atomic E-state index is 0.141. The van der Waals surface area contributed by atoms with Crippen molar-refractivity contribution >= 4 is 28.1 Å². The van der Waals surface area contributed by atoms with Gasteiger partial charge in [-0.05, 0) is 12.8 Å². The zero-order valence-electron chi connectivity index (χ0n) is 9.47. The molecule has 1 aromatic rings. The normalized spacial score (nSPS) is 15.0. The van der Waals surface area contributed by atoms with Crippen LogP contribution in [0.2, 0.25) is 0 Å². The van der Waals surface area contributed by atoms with Crippen molar-refractivity contribution in [1.29, 1.82) is 0 Å². The van der Waals surface area contributed by atoms with Gasteiger partial charge in [-0.25, -0.2) is 4.98 Å². The van der Waals surface area contributed by atoms with Crippen LogP contribution < -0.4 is 0 Å². The third-order valence-electron chi connectivity index (χ3n) is 2.09. The van der Waals surface area contributed by atoms with Gasteiger partial charge in [-0.15, -0.1) is 11.3 Å². The number of rotatable bonds is 5. The molecule has 0 aliphatic carbocycles. The number of hydrogen-bond donors (Lipinski definition) is 1. The monoisotopic (exact) mass is 261 g/mol. The van der Waals surface area contributed by atoms with E-state index in [4.69, 9.17) is 5.11 Å². The summed E-state index contributed by atoms with van der Waals surface area (Å²) in [5.41, 5.74) is 0.715. The Kier molecular flexibility index (Phi) is 4.61. The zero-order chi connectivity index (χ0) is 12.3. The zero-order valence-corrected chi connectivity index (χ0v) is 11.1. The molecule has 90 valence electrons. The molecule has 0 aliphatic rings. The van der Waals surface area contributed by atoms with E-state index < -0.39 is 22.0 Å². The van der Waals surface area contributed by atoms with Crippen LogP contribution in [-0.4, -0.2) is 25.5 Å². The van der Waals surface area contributed by atoms with Crippen molar-refractivity contribution in [3.8, 4) is 0 Å². The van der Waals surface area contributed by atoms with Crippen LogP contribution >= 0.6 is 11.3 Å². The van der Waals surface area contributed by atoms with E-state index in [-0.39, 0.29) is 11.7 Å². The van der Waals surface area contributed by atoms with Crippen molar-refractivity contribution in [3.63, 3.8) is 0 Å². The summed E-state index contributed by atoms with van der Waals surface area (Å²) in [4.78, 5) is 15.2. The summed E-state index contributed by atoms with van der Waals surface area (Å²) in [6.45, 7) is 5.40. The molecule has 0 spiro atoms.